The second-order valence-electron chi connectivity index (χ2n) is 8.15. The number of anilines is 2. The minimum absolute atomic E-state index is 0.217. The summed E-state index contributed by atoms with van der Waals surface area (Å²) in [5.74, 6) is 0.134. The van der Waals surface area contributed by atoms with E-state index in [1.807, 2.05) is 48.4 Å². The van der Waals surface area contributed by atoms with Crippen LogP contribution < -0.4 is 10.2 Å². The molecule has 0 bridgehead atoms. The third kappa shape index (κ3) is 4.59. The maximum atomic E-state index is 15.3. The smallest absolute Gasteiger partial charge is 0.207 e. The van der Waals surface area contributed by atoms with Crippen molar-refractivity contribution in [1.82, 2.24) is 15.0 Å². The lowest BCUT2D eigenvalue weighted by Gasteiger charge is -2.30. The van der Waals surface area contributed by atoms with Crippen LogP contribution in [0.2, 0.25) is 0 Å². The lowest BCUT2D eigenvalue weighted by Crippen LogP contribution is -2.32. The number of nitrogens with one attached hydrogen (secondary N) is 1. The fourth-order valence-corrected chi connectivity index (χ4v) is 4.78. The van der Waals surface area contributed by atoms with Crippen molar-refractivity contribution >= 4 is 27.6 Å². The van der Waals surface area contributed by atoms with Gasteiger partial charge >= 0.3 is 0 Å². The lowest BCUT2D eigenvalue weighted by atomic mass is 10.00. The zero-order valence-electron chi connectivity index (χ0n) is 18.2. The summed E-state index contributed by atoms with van der Waals surface area (Å²) in [6.45, 7) is 3.78. The molecule has 0 saturated carbocycles. The molecule has 33 heavy (non-hydrogen) atoms. The highest BCUT2D eigenvalue weighted by Gasteiger charge is 2.23. The first-order valence-electron chi connectivity index (χ1n) is 10.9. The number of aryl methyl sites for hydroxylation is 1. The van der Waals surface area contributed by atoms with Gasteiger partial charge in [-0.2, -0.15) is 4.39 Å². The number of benzene rings is 2. The summed E-state index contributed by atoms with van der Waals surface area (Å²) in [5, 5.41) is 3.14. The van der Waals surface area contributed by atoms with Crippen LogP contribution in [0, 0.1) is 12.7 Å². The van der Waals surface area contributed by atoms with Gasteiger partial charge in [-0.1, -0.05) is 52.3 Å². The van der Waals surface area contributed by atoms with Crippen LogP contribution in [0.3, 0.4) is 0 Å². The third-order valence-corrected chi connectivity index (χ3v) is 6.67. The average Bonchev–Trinajstić information content (AvgIpc) is 2.84. The van der Waals surface area contributed by atoms with Gasteiger partial charge in [-0.25, -0.2) is 9.97 Å². The van der Waals surface area contributed by atoms with Gasteiger partial charge in [0.05, 0.1) is 0 Å². The molecule has 0 saturated heterocycles. The van der Waals surface area contributed by atoms with E-state index in [0.29, 0.717) is 25.5 Å². The van der Waals surface area contributed by atoms with Crippen molar-refractivity contribution in [3.05, 3.63) is 99.8 Å². The Bertz CT molecular complexity index is 1290. The predicted octanol–water partition coefficient (Wildman–Crippen LogP) is 5.92. The average molecular weight is 504 g/mol. The first kappa shape index (κ1) is 21.5. The highest BCUT2D eigenvalue weighted by molar-refractivity contribution is 9.10. The first-order valence-corrected chi connectivity index (χ1v) is 11.7. The molecule has 5 nitrogen and oxygen atoms in total. The van der Waals surface area contributed by atoms with E-state index in [0.717, 1.165) is 33.3 Å². The van der Waals surface area contributed by atoms with E-state index in [1.165, 1.54) is 17.5 Å². The Morgan fingerprint density at radius 1 is 1.03 bits per heavy atom. The normalized spacial score (nSPS) is 13.0. The van der Waals surface area contributed by atoms with Gasteiger partial charge in [-0.15, -0.1) is 0 Å². The summed E-state index contributed by atoms with van der Waals surface area (Å²) in [6.07, 6.45) is 4.08. The van der Waals surface area contributed by atoms with Crippen LogP contribution >= 0.6 is 15.9 Å². The molecule has 2 aromatic carbocycles. The Morgan fingerprint density at radius 2 is 1.88 bits per heavy atom. The van der Waals surface area contributed by atoms with Crippen LogP contribution in [0.15, 0.2) is 71.6 Å². The molecule has 5 rings (SSSR count). The van der Waals surface area contributed by atoms with Gasteiger partial charge in [0.15, 0.2) is 11.6 Å². The number of pyridine rings is 1. The molecule has 2 aromatic heterocycles. The quantitative estimate of drug-likeness (QED) is 0.366. The molecule has 166 valence electrons. The monoisotopic (exact) mass is 503 g/mol. The number of rotatable bonds is 5. The summed E-state index contributed by atoms with van der Waals surface area (Å²) in [5.41, 5.74) is 6.75. The van der Waals surface area contributed by atoms with Crippen LogP contribution in [-0.4, -0.2) is 21.5 Å². The van der Waals surface area contributed by atoms with Crippen molar-refractivity contribution in [2.45, 2.75) is 26.4 Å². The molecule has 7 heteroatoms. The van der Waals surface area contributed by atoms with Crippen LogP contribution in [0.1, 0.15) is 22.4 Å². The van der Waals surface area contributed by atoms with E-state index in [4.69, 9.17) is 0 Å². The molecule has 0 fully saturated rings. The molecule has 1 aliphatic heterocycles. The van der Waals surface area contributed by atoms with Crippen molar-refractivity contribution < 1.29 is 4.39 Å². The van der Waals surface area contributed by atoms with E-state index in [1.54, 1.807) is 0 Å². The lowest BCUT2D eigenvalue weighted by molar-refractivity contribution is 0.596. The molecule has 0 atom stereocenters. The second kappa shape index (κ2) is 9.27. The van der Waals surface area contributed by atoms with Crippen molar-refractivity contribution in [1.29, 1.82) is 0 Å². The van der Waals surface area contributed by atoms with E-state index >= 15 is 4.39 Å². The Kier molecular flexibility index (Phi) is 6.05. The van der Waals surface area contributed by atoms with Crippen molar-refractivity contribution in [3.63, 3.8) is 0 Å². The van der Waals surface area contributed by atoms with Gasteiger partial charge in [0.2, 0.25) is 5.82 Å². The standard InChI is InChI=1S/C26H23BrFN5/c1-17-13-20(9-11-29-17)19-7-5-18(6-8-19)14-30-25-24(28)26(32-16-31-25)33-12-10-22-21(15-33)3-2-4-23(22)27/h2-9,11,13,16H,10,12,14-15H2,1H3,(H,30,31,32). The van der Waals surface area contributed by atoms with Gasteiger partial charge in [0.1, 0.15) is 6.33 Å². The molecule has 4 aromatic rings. The fraction of sp³-hybridized carbons (Fsp3) is 0.192. The fourth-order valence-electron chi connectivity index (χ4n) is 4.17. The summed E-state index contributed by atoms with van der Waals surface area (Å²) < 4.78 is 16.4. The zero-order chi connectivity index (χ0) is 22.8. The molecule has 1 aliphatic rings. The summed E-state index contributed by atoms with van der Waals surface area (Å²) in [4.78, 5) is 14.6. The largest absolute Gasteiger partial charge is 0.363 e. The summed E-state index contributed by atoms with van der Waals surface area (Å²) >= 11 is 3.62. The topological polar surface area (TPSA) is 53.9 Å². The van der Waals surface area contributed by atoms with Gasteiger partial charge in [0.25, 0.3) is 0 Å². The van der Waals surface area contributed by atoms with Crippen LogP contribution in [0.25, 0.3) is 11.1 Å². The minimum atomic E-state index is -0.417. The van der Waals surface area contributed by atoms with Crippen molar-refractivity contribution in [3.8, 4) is 11.1 Å². The van der Waals surface area contributed by atoms with Gasteiger partial charge in [0, 0.05) is 36.0 Å². The number of hydrogen-bond donors (Lipinski definition) is 1. The second-order valence-corrected chi connectivity index (χ2v) is 9.00. The van der Waals surface area contributed by atoms with Crippen molar-refractivity contribution in [2.24, 2.45) is 0 Å². The summed E-state index contributed by atoms with van der Waals surface area (Å²) in [7, 11) is 0. The van der Waals surface area contributed by atoms with E-state index in [-0.39, 0.29) is 5.82 Å². The molecule has 0 unspecified atom stereocenters. The highest BCUT2D eigenvalue weighted by atomic mass is 79.9. The minimum Gasteiger partial charge on any atom is -0.363 e. The number of hydrogen-bond acceptors (Lipinski definition) is 5. The van der Waals surface area contributed by atoms with Gasteiger partial charge in [-0.05, 0) is 59.4 Å². The van der Waals surface area contributed by atoms with Crippen LogP contribution in [0.5, 0.6) is 0 Å². The first-order chi connectivity index (χ1) is 16.1. The predicted molar refractivity (Wildman–Crippen MR) is 133 cm³/mol. The van der Waals surface area contributed by atoms with Gasteiger partial charge < -0.3 is 10.2 Å². The summed E-state index contributed by atoms with van der Waals surface area (Å²) in [6, 6.07) is 18.4. The van der Waals surface area contributed by atoms with Gasteiger partial charge in [-0.3, -0.25) is 4.98 Å². The number of aromatic nitrogens is 3. The number of fused-ring (bicyclic) bond motifs is 1. The van der Waals surface area contributed by atoms with E-state index in [2.05, 4.69) is 60.5 Å². The maximum absolute atomic E-state index is 15.3. The van der Waals surface area contributed by atoms with Crippen LogP contribution in [-0.2, 0) is 19.5 Å². The Balaban J connectivity index is 1.29. The number of nitrogens with zero attached hydrogens (tertiary/aromatic N) is 4. The molecule has 0 spiro atoms. The SMILES string of the molecule is Cc1cc(-c2ccc(CNc3ncnc(N4CCc5c(Br)cccc5C4)c3F)cc2)ccn1. The maximum Gasteiger partial charge on any atom is 0.207 e. The molecule has 0 aliphatic carbocycles. The molecule has 0 radical (unpaired) electrons. The Hall–Kier alpha value is -3.32. The molecule has 0 amide bonds. The molecule has 1 N–H and O–H groups in total. The third-order valence-electron chi connectivity index (χ3n) is 5.92. The zero-order valence-corrected chi connectivity index (χ0v) is 19.8. The Labute approximate surface area is 200 Å². The molecular weight excluding hydrogens is 481 g/mol. The Morgan fingerprint density at radius 3 is 2.70 bits per heavy atom. The van der Waals surface area contributed by atoms with E-state index < -0.39 is 5.82 Å². The van der Waals surface area contributed by atoms with Crippen molar-refractivity contribution in [2.75, 3.05) is 16.8 Å². The highest BCUT2D eigenvalue weighted by Crippen LogP contribution is 2.30. The number of halogens is 2. The molecular formula is C26H23BrFN5. The molecule has 3 heterocycles. The van der Waals surface area contributed by atoms with E-state index in [9.17, 15) is 0 Å². The van der Waals surface area contributed by atoms with Crippen LogP contribution in [0.4, 0.5) is 16.0 Å².